The molecule has 2 rings (SSSR count). The minimum absolute atomic E-state index is 0.0745. The van der Waals surface area contributed by atoms with Crippen molar-refractivity contribution in [3.63, 3.8) is 0 Å². The van der Waals surface area contributed by atoms with Gasteiger partial charge in [-0.05, 0) is 33.6 Å². The fourth-order valence-electron chi connectivity index (χ4n) is 1.48. The Hall–Kier alpha value is -0.420. The summed E-state index contributed by atoms with van der Waals surface area (Å²) in [7, 11) is 0. The number of ketones is 1. The van der Waals surface area contributed by atoms with Gasteiger partial charge in [-0.2, -0.15) is 0 Å². The zero-order valence-corrected chi connectivity index (χ0v) is 12.8. The summed E-state index contributed by atoms with van der Waals surface area (Å²) in [6.07, 6.45) is 0.0745. The van der Waals surface area contributed by atoms with Gasteiger partial charge in [0.15, 0.2) is 5.78 Å². The molecule has 0 aliphatic heterocycles. The number of carbonyl (C=O) groups excluding carboxylic acids is 1. The maximum absolute atomic E-state index is 13.3. The summed E-state index contributed by atoms with van der Waals surface area (Å²) in [5, 5.41) is 0. The van der Waals surface area contributed by atoms with E-state index in [-0.39, 0.29) is 12.2 Å². The average molecular weight is 368 g/mol. The van der Waals surface area contributed by atoms with Gasteiger partial charge < -0.3 is 0 Å². The van der Waals surface area contributed by atoms with E-state index >= 15 is 0 Å². The Balaban J connectivity index is 2.27. The van der Waals surface area contributed by atoms with Crippen LogP contribution in [0.2, 0.25) is 8.67 Å². The molecule has 1 heterocycles. The standard InChI is InChI=1S/C12H6BrCl2FOS/c13-11-6(2-1-3-8(11)16)4-9(17)7-5-10(14)18-12(7)15/h1-3,5H,4H2. The molecule has 1 aromatic heterocycles. The highest BCUT2D eigenvalue weighted by Gasteiger charge is 2.16. The van der Waals surface area contributed by atoms with E-state index in [1.54, 1.807) is 12.1 Å². The second kappa shape index (κ2) is 5.70. The molecular formula is C12H6BrCl2FOS. The third-order valence-corrected chi connectivity index (χ3v) is 4.72. The Kier molecular flexibility index (Phi) is 4.43. The van der Waals surface area contributed by atoms with Gasteiger partial charge in [0.1, 0.15) is 10.2 Å². The lowest BCUT2D eigenvalue weighted by atomic mass is 10.1. The summed E-state index contributed by atoms with van der Waals surface area (Å²) < 4.78 is 14.4. The average Bonchev–Trinajstić information content (AvgIpc) is 2.64. The first kappa shape index (κ1) is 14.0. The van der Waals surface area contributed by atoms with Crippen LogP contribution in [-0.2, 0) is 6.42 Å². The van der Waals surface area contributed by atoms with Crippen LogP contribution in [0.15, 0.2) is 28.7 Å². The minimum atomic E-state index is -0.394. The van der Waals surface area contributed by atoms with E-state index in [4.69, 9.17) is 23.2 Å². The van der Waals surface area contributed by atoms with Crippen molar-refractivity contribution < 1.29 is 9.18 Å². The van der Waals surface area contributed by atoms with Crippen LogP contribution in [0.3, 0.4) is 0 Å². The van der Waals surface area contributed by atoms with Gasteiger partial charge in [0.05, 0.1) is 8.81 Å². The lowest BCUT2D eigenvalue weighted by Crippen LogP contribution is -2.04. The van der Waals surface area contributed by atoms with Crippen LogP contribution in [0, 0.1) is 5.82 Å². The fourth-order valence-corrected chi connectivity index (χ4v) is 3.39. The van der Waals surface area contributed by atoms with Crippen molar-refractivity contribution in [1.29, 1.82) is 0 Å². The maximum Gasteiger partial charge on any atom is 0.169 e. The van der Waals surface area contributed by atoms with Gasteiger partial charge in [0, 0.05) is 12.0 Å². The number of thiophene rings is 1. The van der Waals surface area contributed by atoms with Crippen molar-refractivity contribution in [2.75, 3.05) is 0 Å². The zero-order valence-electron chi connectivity index (χ0n) is 8.84. The molecule has 2 aromatic rings. The SMILES string of the molecule is O=C(Cc1cccc(F)c1Br)c1cc(Cl)sc1Cl. The van der Waals surface area contributed by atoms with E-state index in [9.17, 15) is 9.18 Å². The lowest BCUT2D eigenvalue weighted by molar-refractivity contribution is 0.0993. The largest absolute Gasteiger partial charge is 0.294 e. The van der Waals surface area contributed by atoms with Gasteiger partial charge in [-0.25, -0.2) is 4.39 Å². The summed E-state index contributed by atoms with van der Waals surface area (Å²) in [4.78, 5) is 12.0. The molecule has 0 radical (unpaired) electrons. The molecule has 0 bridgehead atoms. The minimum Gasteiger partial charge on any atom is -0.294 e. The Morgan fingerprint density at radius 2 is 2.11 bits per heavy atom. The van der Waals surface area contributed by atoms with E-state index in [1.165, 1.54) is 12.1 Å². The van der Waals surface area contributed by atoms with Crippen LogP contribution in [0.5, 0.6) is 0 Å². The van der Waals surface area contributed by atoms with Crippen LogP contribution in [0.25, 0.3) is 0 Å². The van der Waals surface area contributed by atoms with E-state index in [1.807, 2.05) is 0 Å². The number of benzene rings is 1. The smallest absolute Gasteiger partial charge is 0.169 e. The number of rotatable bonds is 3. The van der Waals surface area contributed by atoms with Crippen LogP contribution in [0.4, 0.5) is 4.39 Å². The summed E-state index contributed by atoms with van der Waals surface area (Å²) in [6.45, 7) is 0. The second-order valence-corrected chi connectivity index (χ2v) is 6.63. The summed E-state index contributed by atoms with van der Waals surface area (Å²) in [5.74, 6) is -0.579. The molecule has 1 aromatic carbocycles. The number of carbonyl (C=O) groups is 1. The number of hydrogen-bond donors (Lipinski definition) is 0. The highest BCUT2D eigenvalue weighted by molar-refractivity contribution is 9.10. The summed E-state index contributed by atoms with van der Waals surface area (Å²) >= 11 is 15.9. The molecule has 0 aliphatic carbocycles. The summed E-state index contributed by atoms with van der Waals surface area (Å²) in [6, 6.07) is 6.11. The quantitative estimate of drug-likeness (QED) is 0.665. The fraction of sp³-hybridized carbons (Fsp3) is 0.0833. The van der Waals surface area contributed by atoms with Crippen molar-refractivity contribution in [1.82, 2.24) is 0 Å². The van der Waals surface area contributed by atoms with Gasteiger partial charge >= 0.3 is 0 Å². The molecule has 6 heteroatoms. The molecule has 0 saturated heterocycles. The van der Waals surface area contributed by atoms with Crippen molar-refractivity contribution in [2.24, 2.45) is 0 Å². The van der Waals surface area contributed by atoms with Crippen molar-refractivity contribution in [3.8, 4) is 0 Å². The predicted molar refractivity (Wildman–Crippen MR) is 76.5 cm³/mol. The second-order valence-electron chi connectivity index (χ2n) is 3.55. The number of Topliss-reactive ketones (excluding diaryl/α,β-unsaturated/α-hetero) is 1. The van der Waals surface area contributed by atoms with Gasteiger partial charge in [-0.3, -0.25) is 4.79 Å². The molecule has 0 amide bonds. The first-order valence-electron chi connectivity index (χ1n) is 4.90. The van der Waals surface area contributed by atoms with E-state index < -0.39 is 5.82 Å². The van der Waals surface area contributed by atoms with Crippen molar-refractivity contribution in [2.45, 2.75) is 6.42 Å². The zero-order chi connectivity index (χ0) is 13.3. The molecule has 18 heavy (non-hydrogen) atoms. The highest BCUT2D eigenvalue weighted by atomic mass is 79.9. The third-order valence-electron chi connectivity index (χ3n) is 2.34. The van der Waals surface area contributed by atoms with E-state index in [0.29, 0.717) is 24.3 Å². The molecule has 0 unspecified atom stereocenters. The van der Waals surface area contributed by atoms with Gasteiger partial charge in [0.25, 0.3) is 0 Å². The maximum atomic E-state index is 13.3. The third kappa shape index (κ3) is 2.94. The molecule has 0 atom stereocenters. The highest BCUT2D eigenvalue weighted by Crippen LogP contribution is 2.32. The molecule has 0 fully saturated rings. The molecule has 0 spiro atoms. The topological polar surface area (TPSA) is 17.1 Å². The molecule has 1 nitrogen and oxygen atoms in total. The van der Waals surface area contributed by atoms with Crippen molar-refractivity contribution in [3.05, 3.63) is 54.4 Å². The molecule has 94 valence electrons. The Morgan fingerprint density at radius 1 is 1.39 bits per heavy atom. The normalized spacial score (nSPS) is 10.7. The van der Waals surface area contributed by atoms with E-state index in [0.717, 1.165) is 11.3 Å². The number of hydrogen-bond acceptors (Lipinski definition) is 2. The van der Waals surface area contributed by atoms with Crippen molar-refractivity contribution >= 4 is 56.3 Å². The molecule has 0 aliphatic rings. The van der Waals surface area contributed by atoms with Gasteiger partial charge in [-0.15, -0.1) is 11.3 Å². The molecular weight excluding hydrogens is 362 g/mol. The Morgan fingerprint density at radius 3 is 2.72 bits per heavy atom. The predicted octanol–water partition coefficient (Wildman–Crippen LogP) is 5.38. The molecule has 0 saturated carbocycles. The van der Waals surface area contributed by atoms with Gasteiger partial charge in [-0.1, -0.05) is 35.3 Å². The molecule has 0 N–H and O–H groups in total. The Bertz CT molecular complexity index is 612. The van der Waals surface area contributed by atoms with E-state index in [2.05, 4.69) is 15.9 Å². The monoisotopic (exact) mass is 366 g/mol. The van der Waals surface area contributed by atoms with Crippen LogP contribution in [-0.4, -0.2) is 5.78 Å². The summed E-state index contributed by atoms with van der Waals surface area (Å²) in [5.41, 5.74) is 0.959. The van der Waals surface area contributed by atoms with Crippen LogP contribution >= 0.6 is 50.5 Å². The first-order chi connectivity index (χ1) is 8.49. The Labute approximate surface area is 126 Å². The van der Waals surface area contributed by atoms with Gasteiger partial charge in [0.2, 0.25) is 0 Å². The first-order valence-corrected chi connectivity index (χ1v) is 7.26. The van der Waals surface area contributed by atoms with Crippen LogP contribution < -0.4 is 0 Å². The lowest BCUT2D eigenvalue weighted by Gasteiger charge is -2.04. The van der Waals surface area contributed by atoms with Crippen LogP contribution in [0.1, 0.15) is 15.9 Å². The number of halogens is 4.